The summed E-state index contributed by atoms with van der Waals surface area (Å²) in [5.74, 6) is -0.903. The molecule has 3 heterocycles. The maximum atomic E-state index is 13.2. The van der Waals surface area contributed by atoms with Gasteiger partial charge < -0.3 is 4.42 Å². The molecule has 1 fully saturated rings. The average molecular weight is 457 g/mol. The fourth-order valence-electron chi connectivity index (χ4n) is 3.78. The van der Waals surface area contributed by atoms with Crippen LogP contribution in [-0.2, 0) is 19.4 Å². The number of nitrogens with zero attached hydrogens (tertiary/aromatic N) is 2. The Morgan fingerprint density at radius 3 is 2.65 bits per heavy atom. The van der Waals surface area contributed by atoms with E-state index in [0.29, 0.717) is 16.5 Å². The molecule has 1 atom stereocenters. The van der Waals surface area contributed by atoms with E-state index < -0.39 is 27.7 Å². The van der Waals surface area contributed by atoms with E-state index in [0.717, 1.165) is 10.5 Å². The maximum Gasteiger partial charge on any atom is 0.271 e. The van der Waals surface area contributed by atoms with E-state index in [1.165, 1.54) is 13.0 Å². The fourth-order valence-corrected chi connectivity index (χ4v) is 5.67. The van der Waals surface area contributed by atoms with Crippen LogP contribution < -0.4 is 0 Å². The highest BCUT2D eigenvalue weighted by Gasteiger charge is 2.43. The minimum Gasteiger partial charge on any atom is -0.457 e. The summed E-state index contributed by atoms with van der Waals surface area (Å²) in [7, 11) is -3.33. The quantitative estimate of drug-likeness (QED) is 0.517. The first-order valence-corrected chi connectivity index (χ1v) is 11.7. The summed E-state index contributed by atoms with van der Waals surface area (Å²) in [6, 6.07) is 11.5. The van der Waals surface area contributed by atoms with Crippen LogP contribution in [0, 0.1) is 11.3 Å². The Morgan fingerprint density at radius 2 is 2.00 bits per heavy atom. The highest BCUT2D eigenvalue weighted by Crippen LogP contribution is 2.32. The predicted octanol–water partition coefficient (Wildman–Crippen LogP) is 3.38. The standard InChI is InChI=1S/C22H17ClN2O5S/c1-13-18(10-17-5-6-20(30-17)14-3-2-4-15(23)9-14)21(26)25(22(27)19(13)11-24)16-7-8-31(28,29)12-16/h2-6,9-10,16H,7-8,12H2,1H3/b18-10+/t16-/m1/s1. The lowest BCUT2D eigenvalue weighted by Gasteiger charge is -2.31. The number of sulfone groups is 1. The van der Waals surface area contributed by atoms with E-state index >= 15 is 0 Å². The lowest BCUT2D eigenvalue weighted by atomic mass is 9.93. The largest absolute Gasteiger partial charge is 0.457 e. The zero-order chi connectivity index (χ0) is 22.3. The number of imide groups is 1. The third-order valence-electron chi connectivity index (χ3n) is 5.37. The number of furan rings is 1. The second-order valence-electron chi connectivity index (χ2n) is 7.42. The molecule has 0 spiro atoms. The monoisotopic (exact) mass is 456 g/mol. The first kappa shape index (κ1) is 21.1. The molecule has 9 heteroatoms. The molecule has 0 saturated carbocycles. The van der Waals surface area contributed by atoms with Crippen molar-refractivity contribution in [3.63, 3.8) is 0 Å². The second-order valence-corrected chi connectivity index (χ2v) is 10.1. The van der Waals surface area contributed by atoms with Crippen LogP contribution in [0.3, 0.4) is 0 Å². The molecule has 31 heavy (non-hydrogen) atoms. The summed E-state index contributed by atoms with van der Waals surface area (Å²) in [4.78, 5) is 26.8. The summed E-state index contributed by atoms with van der Waals surface area (Å²) in [6.45, 7) is 1.52. The van der Waals surface area contributed by atoms with Crippen molar-refractivity contribution in [2.75, 3.05) is 11.5 Å². The van der Waals surface area contributed by atoms with Crippen LogP contribution in [0.25, 0.3) is 17.4 Å². The van der Waals surface area contributed by atoms with Gasteiger partial charge in [0.15, 0.2) is 9.84 Å². The molecule has 2 amide bonds. The van der Waals surface area contributed by atoms with Crippen LogP contribution >= 0.6 is 11.6 Å². The second kappa shape index (κ2) is 7.84. The van der Waals surface area contributed by atoms with Gasteiger partial charge in [-0.15, -0.1) is 0 Å². The SMILES string of the molecule is CC1=C(C#N)C(=O)N([C@@H]2CCS(=O)(=O)C2)C(=O)/C1=C/c1ccc(-c2cccc(Cl)c2)o1. The van der Waals surface area contributed by atoms with Crippen LogP contribution in [-0.4, -0.2) is 42.7 Å². The smallest absolute Gasteiger partial charge is 0.271 e. The number of rotatable bonds is 3. The Hall–Kier alpha value is -3.15. The summed E-state index contributed by atoms with van der Waals surface area (Å²) in [5, 5.41) is 10.0. The summed E-state index contributed by atoms with van der Waals surface area (Å²) < 4.78 is 29.6. The molecule has 1 aromatic carbocycles. The van der Waals surface area contributed by atoms with Gasteiger partial charge in [0.1, 0.15) is 23.2 Å². The molecule has 7 nitrogen and oxygen atoms in total. The lowest BCUT2D eigenvalue weighted by Crippen LogP contribution is -2.49. The number of halogens is 1. The van der Waals surface area contributed by atoms with E-state index in [2.05, 4.69) is 0 Å². The topological polar surface area (TPSA) is 108 Å². The van der Waals surface area contributed by atoms with Gasteiger partial charge in [-0.05, 0) is 49.3 Å². The molecule has 2 aromatic rings. The number of nitriles is 1. The van der Waals surface area contributed by atoms with Gasteiger partial charge in [-0.25, -0.2) is 8.42 Å². The van der Waals surface area contributed by atoms with Crippen molar-refractivity contribution in [1.29, 1.82) is 5.26 Å². The van der Waals surface area contributed by atoms with Gasteiger partial charge in [-0.1, -0.05) is 23.7 Å². The third-order valence-corrected chi connectivity index (χ3v) is 7.35. The Kier molecular flexibility index (Phi) is 5.33. The van der Waals surface area contributed by atoms with E-state index in [-0.39, 0.29) is 34.6 Å². The van der Waals surface area contributed by atoms with Gasteiger partial charge in [-0.2, -0.15) is 5.26 Å². The predicted molar refractivity (Wildman–Crippen MR) is 114 cm³/mol. The van der Waals surface area contributed by atoms with Crippen LogP contribution in [0.15, 0.2) is 57.5 Å². The van der Waals surface area contributed by atoms with Crippen molar-refractivity contribution in [2.45, 2.75) is 19.4 Å². The first-order chi connectivity index (χ1) is 14.7. The Labute approximate surface area is 184 Å². The normalized spacial score (nSPS) is 22.3. The molecule has 4 rings (SSSR count). The van der Waals surface area contributed by atoms with Gasteiger partial charge in [-0.3, -0.25) is 14.5 Å². The van der Waals surface area contributed by atoms with Crippen molar-refractivity contribution in [3.8, 4) is 17.4 Å². The molecule has 1 saturated heterocycles. The van der Waals surface area contributed by atoms with Crippen LogP contribution in [0.4, 0.5) is 0 Å². The van der Waals surface area contributed by atoms with Crippen molar-refractivity contribution >= 4 is 39.3 Å². The van der Waals surface area contributed by atoms with Gasteiger partial charge in [0.2, 0.25) is 0 Å². The molecule has 2 aliphatic heterocycles. The van der Waals surface area contributed by atoms with Crippen molar-refractivity contribution in [1.82, 2.24) is 4.90 Å². The number of carbonyl (C=O) groups excluding carboxylic acids is 2. The van der Waals surface area contributed by atoms with E-state index in [1.807, 2.05) is 12.1 Å². The Bertz CT molecular complexity index is 1310. The number of amides is 2. The number of hydrogen-bond acceptors (Lipinski definition) is 6. The molecule has 0 radical (unpaired) electrons. The van der Waals surface area contributed by atoms with Gasteiger partial charge >= 0.3 is 0 Å². The molecule has 0 unspecified atom stereocenters. The molecular formula is C22H17ClN2O5S. The third kappa shape index (κ3) is 3.94. The van der Waals surface area contributed by atoms with Crippen molar-refractivity contribution in [2.24, 2.45) is 0 Å². The summed E-state index contributed by atoms with van der Waals surface area (Å²) in [6.07, 6.45) is 1.62. The summed E-state index contributed by atoms with van der Waals surface area (Å²) in [5.41, 5.74) is 0.921. The van der Waals surface area contributed by atoms with Gasteiger partial charge in [0.25, 0.3) is 11.8 Å². The fraction of sp³-hybridized carbons (Fsp3) is 0.227. The van der Waals surface area contributed by atoms with Crippen LogP contribution in [0.2, 0.25) is 5.02 Å². The molecule has 0 bridgehead atoms. The zero-order valence-corrected chi connectivity index (χ0v) is 18.0. The number of carbonyl (C=O) groups is 2. The molecule has 158 valence electrons. The average Bonchev–Trinajstić information content (AvgIpc) is 3.32. The molecular weight excluding hydrogens is 440 g/mol. The van der Waals surface area contributed by atoms with Gasteiger partial charge in [0.05, 0.1) is 17.5 Å². The molecule has 0 aliphatic carbocycles. The van der Waals surface area contributed by atoms with Crippen molar-refractivity contribution in [3.05, 3.63) is 63.9 Å². The van der Waals surface area contributed by atoms with E-state index in [4.69, 9.17) is 16.0 Å². The number of hydrogen-bond donors (Lipinski definition) is 0. The highest BCUT2D eigenvalue weighted by atomic mass is 35.5. The minimum absolute atomic E-state index is 0.0977. The Morgan fingerprint density at radius 1 is 1.23 bits per heavy atom. The lowest BCUT2D eigenvalue weighted by molar-refractivity contribution is -0.142. The molecule has 1 aromatic heterocycles. The summed E-state index contributed by atoms with van der Waals surface area (Å²) >= 11 is 6.02. The first-order valence-electron chi connectivity index (χ1n) is 9.47. The Balaban J connectivity index is 1.74. The van der Waals surface area contributed by atoms with E-state index in [1.54, 1.807) is 30.3 Å². The number of benzene rings is 1. The highest BCUT2D eigenvalue weighted by molar-refractivity contribution is 7.91. The molecule has 0 N–H and O–H groups in total. The maximum absolute atomic E-state index is 13.2. The minimum atomic E-state index is -3.33. The van der Waals surface area contributed by atoms with E-state index in [9.17, 15) is 23.3 Å². The van der Waals surface area contributed by atoms with Crippen LogP contribution in [0.5, 0.6) is 0 Å². The van der Waals surface area contributed by atoms with Gasteiger partial charge in [0, 0.05) is 16.2 Å². The van der Waals surface area contributed by atoms with Crippen LogP contribution in [0.1, 0.15) is 19.1 Å². The zero-order valence-electron chi connectivity index (χ0n) is 16.5. The molecule has 2 aliphatic rings. The van der Waals surface area contributed by atoms with Crippen molar-refractivity contribution < 1.29 is 22.4 Å².